The summed E-state index contributed by atoms with van der Waals surface area (Å²) in [6.07, 6.45) is 0.646. The first kappa shape index (κ1) is 26.2. The van der Waals surface area contributed by atoms with Crippen molar-refractivity contribution in [3.05, 3.63) is 0 Å². The second kappa shape index (κ2) is 16.6. The highest BCUT2D eigenvalue weighted by Crippen LogP contribution is 2.31. The lowest BCUT2D eigenvalue weighted by Gasteiger charge is -2.21. The maximum absolute atomic E-state index is 11.9. The number of esters is 1. The number of hydrogen-bond donors (Lipinski definition) is 2. The molecular weight excluding hydrogens is 307 g/mol. The van der Waals surface area contributed by atoms with E-state index in [-0.39, 0.29) is 6.61 Å². The Morgan fingerprint density at radius 2 is 1.64 bits per heavy atom. The molecule has 0 aromatic carbocycles. The van der Waals surface area contributed by atoms with E-state index in [1.165, 1.54) is 6.66 Å². The smallest absolute Gasteiger partial charge is 0.323 e. The molecule has 0 aliphatic heterocycles. The quantitative estimate of drug-likeness (QED) is 0.397. The summed E-state index contributed by atoms with van der Waals surface area (Å²) in [5.41, 5.74) is 0. The average Bonchev–Trinajstić information content (AvgIpc) is 2.48. The van der Waals surface area contributed by atoms with Crippen molar-refractivity contribution in [2.45, 2.75) is 53.6 Å². The maximum atomic E-state index is 11.9. The molecule has 0 spiro atoms. The van der Waals surface area contributed by atoms with E-state index >= 15 is 0 Å². The third kappa shape index (κ3) is 17.3. The number of hydrogen-bond acceptors (Lipinski definition) is 5. The van der Waals surface area contributed by atoms with Gasteiger partial charge in [0.2, 0.25) is 7.44 Å². The third-order valence-corrected chi connectivity index (χ3v) is 3.80. The maximum Gasteiger partial charge on any atom is 0.323 e. The van der Waals surface area contributed by atoms with E-state index in [0.717, 1.165) is 6.61 Å². The molecule has 0 saturated heterocycles. The van der Waals surface area contributed by atoms with E-state index in [0.29, 0.717) is 6.29 Å². The molecule has 0 saturated carbocycles. The lowest BCUT2D eigenvalue weighted by Crippen LogP contribution is -2.38. The van der Waals surface area contributed by atoms with Crippen molar-refractivity contribution in [1.82, 2.24) is 10.2 Å². The molecule has 0 aromatic rings. The van der Waals surface area contributed by atoms with Gasteiger partial charge >= 0.3 is 5.97 Å². The topological polar surface area (TPSA) is 93.7 Å². The first-order chi connectivity index (χ1) is 10.2. The minimum Gasteiger partial charge on any atom is -0.465 e. The fourth-order valence-electron chi connectivity index (χ4n) is 1.15. The van der Waals surface area contributed by atoms with Gasteiger partial charge in [0.1, 0.15) is 12.3 Å². The van der Waals surface area contributed by atoms with Crippen LogP contribution in [0.3, 0.4) is 0 Å². The third-order valence-electron chi connectivity index (χ3n) is 2.02. The summed E-state index contributed by atoms with van der Waals surface area (Å²) in [5.74, 6) is -0.467. The largest absolute Gasteiger partial charge is 0.465 e. The highest BCUT2D eigenvalue weighted by Gasteiger charge is 2.24. The SMILES string of the molecule is CC.CCOC.CCOC(=O)C(C)NP(C)(=O)NC(C)C=O. The summed E-state index contributed by atoms with van der Waals surface area (Å²) in [5, 5.41) is 5.22. The van der Waals surface area contributed by atoms with E-state index in [1.54, 1.807) is 27.9 Å². The molecule has 134 valence electrons. The molecule has 0 amide bonds. The number of carbonyl (C=O) groups excluding carboxylic acids is 2. The van der Waals surface area contributed by atoms with Crippen molar-refractivity contribution < 1.29 is 23.6 Å². The number of aldehydes is 1. The van der Waals surface area contributed by atoms with Gasteiger partial charge in [0.05, 0.1) is 12.6 Å². The van der Waals surface area contributed by atoms with Gasteiger partial charge in [-0.25, -0.2) is 10.2 Å². The lowest BCUT2D eigenvalue weighted by atomic mass is 10.4. The van der Waals surface area contributed by atoms with Crippen molar-refractivity contribution in [2.24, 2.45) is 0 Å². The standard InChI is InChI=1S/C9H19N2O4P.C3H8O.C2H6/c1-5-15-9(13)8(3)11-16(4,14)10-7(2)6-12;1-3-4-2;1-2/h6-8H,5H2,1-4H3,(H2,10,11,14);3H2,1-2H3;1-2H3. The summed E-state index contributed by atoms with van der Waals surface area (Å²) in [7, 11) is -1.25. The van der Waals surface area contributed by atoms with Gasteiger partial charge in [0, 0.05) is 20.4 Å². The number of nitrogens with one attached hydrogen (secondary N) is 2. The van der Waals surface area contributed by atoms with Gasteiger partial charge in [-0.2, -0.15) is 0 Å². The Morgan fingerprint density at radius 3 is 1.95 bits per heavy atom. The second-order valence-corrected chi connectivity index (χ2v) is 6.52. The minimum atomic E-state index is -2.93. The van der Waals surface area contributed by atoms with Crippen LogP contribution in [0, 0.1) is 0 Å². The van der Waals surface area contributed by atoms with Gasteiger partial charge < -0.3 is 14.3 Å². The highest BCUT2D eigenvalue weighted by molar-refractivity contribution is 7.59. The van der Waals surface area contributed by atoms with Gasteiger partial charge in [-0.15, -0.1) is 0 Å². The van der Waals surface area contributed by atoms with Crippen LogP contribution < -0.4 is 10.2 Å². The monoisotopic (exact) mass is 340 g/mol. The molecule has 3 unspecified atom stereocenters. The van der Waals surface area contributed by atoms with Gasteiger partial charge in [-0.3, -0.25) is 9.36 Å². The van der Waals surface area contributed by atoms with Crippen molar-refractivity contribution in [3.8, 4) is 0 Å². The van der Waals surface area contributed by atoms with Crippen LogP contribution >= 0.6 is 7.44 Å². The van der Waals surface area contributed by atoms with E-state index in [1.807, 2.05) is 20.8 Å². The Hall–Kier alpha value is -0.750. The predicted octanol–water partition coefficient (Wildman–Crippen LogP) is 2.21. The van der Waals surface area contributed by atoms with Crippen LogP contribution in [0.2, 0.25) is 0 Å². The predicted molar refractivity (Wildman–Crippen MR) is 90.3 cm³/mol. The van der Waals surface area contributed by atoms with E-state index in [4.69, 9.17) is 4.74 Å². The molecule has 0 aliphatic rings. The van der Waals surface area contributed by atoms with Crippen molar-refractivity contribution in [3.63, 3.8) is 0 Å². The first-order valence-electron chi connectivity index (χ1n) is 7.47. The summed E-state index contributed by atoms with van der Waals surface area (Å²) in [4.78, 5) is 21.7. The Kier molecular flexibility index (Phi) is 19.8. The van der Waals surface area contributed by atoms with Crippen LogP contribution in [-0.4, -0.2) is 51.3 Å². The molecule has 0 fully saturated rings. The number of methoxy groups -OCH3 is 1. The zero-order valence-corrected chi connectivity index (χ0v) is 16.0. The summed E-state index contributed by atoms with van der Waals surface area (Å²) >= 11 is 0. The minimum absolute atomic E-state index is 0.275. The zero-order valence-electron chi connectivity index (χ0n) is 15.1. The van der Waals surface area contributed by atoms with E-state index < -0.39 is 25.5 Å². The molecular formula is C14H33N2O5P. The van der Waals surface area contributed by atoms with Crippen LogP contribution in [0.25, 0.3) is 0 Å². The number of rotatable bonds is 8. The number of ether oxygens (including phenoxy) is 2. The van der Waals surface area contributed by atoms with Crippen molar-refractivity contribution >= 4 is 19.7 Å². The molecule has 7 nitrogen and oxygen atoms in total. The molecule has 0 radical (unpaired) electrons. The Labute approximate surface area is 135 Å². The molecule has 0 rings (SSSR count). The van der Waals surface area contributed by atoms with E-state index in [9.17, 15) is 14.2 Å². The van der Waals surface area contributed by atoms with Gasteiger partial charge in [-0.1, -0.05) is 13.8 Å². The average molecular weight is 340 g/mol. The number of carbonyl (C=O) groups is 2. The van der Waals surface area contributed by atoms with Crippen LogP contribution in [0.5, 0.6) is 0 Å². The molecule has 22 heavy (non-hydrogen) atoms. The second-order valence-electron chi connectivity index (χ2n) is 4.16. The molecule has 3 atom stereocenters. The van der Waals surface area contributed by atoms with Crippen molar-refractivity contribution in [1.29, 1.82) is 0 Å². The Morgan fingerprint density at radius 1 is 1.18 bits per heavy atom. The Balaban J connectivity index is -0.000000516. The van der Waals surface area contributed by atoms with E-state index in [2.05, 4.69) is 14.9 Å². The molecule has 0 bridgehead atoms. The van der Waals surface area contributed by atoms with Crippen LogP contribution in [0.4, 0.5) is 0 Å². The fourth-order valence-corrected chi connectivity index (χ4v) is 2.90. The summed E-state index contributed by atoms with van der Waals surface area (Å²) in [6.45, 7) is 13.3. The molecule has 8 heteroatoms. The molecule has 0 aliphatic carbocycles. The van der Waals surface area contributed by atoms with Gasteiger partial charge in [0.25, 0.3) is 0 Å². The molecule has 0 aromatic heterocycles. The lowest BCUT2D eigenvalue weighted by molar-refractivity contribution is -0.144. The normalized spacial score (nSPS) is 14.9. The summed E-state index contributed by atoms with van der Waals surface area (Å²) < 4.78 is 21.2. The van der Waals surface area contributed by atoms with Gasteiger partial charge in [-0.05, 0) is 27.7 Å². The van der Waals surface area contributed by atoms with Crippen LogP contribution in [0.15, 0.2) is 0 Å². The zero-order chi connectivity index (χ0) is 18.2. The summed E-state index contributed by atoms with van der Waals surface area (Å²) in [6, 6.07) is -1.21. The van der Waals surface area contributed by atoms with Crippen LogP contribution in [0.1, 0.15) is 41.5 Å². The van der Waals surface area contributed by atoms with Crippen molar-refractivity contribution in [2.75, 3.05) is 27.0 Å². The molecule has 2 N–H and O–H groups in total. The Bertz CT molecular complexity index is 324. The highest BCUT2D eigenvalue weighted by atomic mass is 31.2. The molecule has 0 heterocycles. The van der Waals surface area contributed by atoms with Gasteiger partial charge in [0.15, 0.2) is 0 Å². The van der Waals surface area contributed by atoms with Crippen LogP contribution in [-0.2, 0) is 23.6 Å². The fraction of sp³-hybridized carbons (Fsp3) is 0.857. The first-order valence-corrected chi connectivity index (χ1v) is 9.63.